The molecule has 10 nitrogen and oxygen atoms in total. The molecule has 0 bridgehead atoms. The molecule has 0 atom stereocenters. The molecular weight excluding hydrogens is 464 g/mol. The number of nitrogens with two attached hydrogens (primary N) is 1. The van der Waals surface area contributed by atoms with Gasteiger partial charge in [0.1, 0.15) is 5.39 Å². The van der Waals surface area contributed by atoms with Crippen LogP contribution in [-0.4, -0.2) is 46.4 Å². The molecule has 0 saturated heterocycles. The molecule has 0 saturated carbocycles. The molecule has 33 heavy (non-hydrogen) atoms. The lowest BCUT2D eigenvalue weighted by atomic mass is 10.1. The highest BCUT2D eigenvalue weighted by atomic mass is 32.2. The number of primary sulfonamides is 1. The van der Waals surface area contributed by atoms with Gasteiger partial charge in [0.05, 0.1) is 22.5 Å². The molecule has 4 N–H and O–H groups in total. The van der Waals surface area contributed by atoms with Gasteiger partial charge in [-0.15, -0.1) is 0 Å². The van der Waals surface area contributed by atoms with Crippen LogP contribution in [0.5, 0.6) is 0 Å². The fraction of sp³-hybridized carbons (Fsp3) is 0.143. The predicted molar refractivity (Wildman–Crippen MR) is 125 cm³/mol. The lowest BCUT2D eigenvalue weighted by molar-refractivity contribution is -0.118. The zero-order valence-electron chi connectivity index (χ0n) is 17.3. The van der Waals surface area contributed by atoms with Gasteiger partial charge >= 0.3 is 0 Å². The third-order valence-corrected chi connectivity index (χ3v) is 6.55. The van der Waals surface area contributed by atoms with E-state index in [9.17, 15) is 18.0 Å². The maximum Gasteiger partial charge on any atom is 0.262 e. The van der Waals surface area contributed by atoms with Crippen LogP contribution in [-0.2, 0) is 21.2 Å². The van der Waals surface area contributed by atoms with Crippen LogP contribution in [0.2, 0.25) is 0 Å². The first kappa shape index (κ1) is 22.7. The molecule has 2 heterocycles. The van der Waals surface area contributed by atoms with Crippen LogP contribution in [0.3, 0.4) is 0 Å². The molecule has 2 aromatic carbocycles. The number of aromatic amines is 1. The van der Waals surface area contributed by atoms with Crippen molar-refractivity contribution in [1.29, 1.82) is 0 Å². The van der Waals surface area contributed by atoms with E-state index in [-0.39, 0.29) is 22.1 Å². The van der Waals surface area contributed by atoms with Crippen LogP contribution in [0.4, 0.5) is 0 Å². The summed E-state index contributed by atoms with van der Waals surface area (Å²) in [5, 5.41) is 12.8. The van der Waals surface area contributed by atoms with Crippen molar-refractivity contribution in [2.45, 2.75) is 16.5 Å². The molecule has 0 unspecified atom stereocenters. The fourth-order valence-electron chi connectivity index (χ4n) is 3.10. The van der Waals surface area contributed by atoms with E-state index in [1.807, 2.05) is 30.3 Å². The van der Waals surface area contributed by atoms with Crippen molar-refractivity contribution in [3.05, 3.63) is 76.7 Å². The van der Waals surface area contributed by atoms with Crippen molar-refractivity contribution in [2.75, 3.05) is 12.3 Å². The van der Waals surface area contributed by atoms with Gasteiger partial charge in [0.25, 0.3) is 5.56 Å². The SMILES string of the molecule is NS(=O)(=O)c1ccc(CCNC(=O)CSc2nc3c(cnn3-c3ccccc3)c(=O)[nH]2)cc1. The average Bonchev–Trinajstić information content (AvgIpc) is 3.23. The van der Waals surface area contributed by atoms with Gasteiger partial charge in [-0.1, -0.05) is 42.1 Å². The van der Waals surface area contributed by atoms with Crippen LogP contribution in [0.1, 0.15) is 5.56 Å². The van der Waals surface area contributed by atoms with E-state index in [0.717, 1.165) is 23.0 Å². The molecule has 0 aliphatic heterocycles. The van der Waals surface area contributed by atoms with Crippen molar-refractivity contribution >= 4 is 38.7 Å². The second-order valence-corrected chi connectivity index (χ2v) is 9.60. The summed E-state index contributed by atoms with van der Waals surface area (Å²) < 4.78 is 24.2. The van der Waals surface area contributed by atoms with Gasteiger partial charge in [0, 0.05) is 6.54 Å². The highest BCUT2D eigenvalue weighted by Crippen LogP contribution is 2.17. The summed E-state index contributed by atoms with van der Waals surface area (Å²) in [5.74, 6) is -0.154. The van der Waals surface area contributed by atoms with Gasteiger partial charge in [0.2, 0.25) is 15.9 Å². The maximum atomic E-state index is 12.4. The first-order valence-corrected chi connectivity index (χ1v) is 12.4. The zero-order chi connectivity index (χ0) is 23.4. The molecule has 0 radical (unpaired) electrons. The van der Waals surface area contributed by atoms with E-state index >= 15 is 0 Å². The minimum Gasteiger partial charge on any atom is -0.355 e. The van der Waals surface area contributed by atoms with E-state index in [2.05, 4.69) is 20.4 Å². The lowest BCUT2D eigenvalue weighted by Gasteiger charge is -2.06. The topological polar surface area (TPSA) is 153 Å². The molecule has 0 aliphatic rings. The second-order valence-electron chi connectivity index (χ2n) is 7.08. The van der Waals surface area contributed by atoms with E-state index < -0.39 is 10.0 Å². The Bertz CT molecular complexity index is 1450. The number of aromatic nitrogens is 4. The molecular formula is C21H20N6O4S2. The van der Waals surface area contributed by atoms with Crippen LogP contribution in [0.15, 0.2) is 75.6 Å². The highest BCUT2D eigenvalue weighted by molar-refractivity contribution is 7.99. The number of nitrogens with zero attached hydrogens (tertiary/aromatic N) is 3. The van der Waals surface area contributed by atoms with E-state index in [0.29, 0.717) is 29.2 Å². The van der Waals surface area contributed by atoms with Gasteiger partial charge < -0.3 is 10.3 Å². The smallest absolute Gasteiger partial charge is 0.262 e. The number of thioether (sulfide) groups is 1. The number of para-hydroxylation sites is 1. The number of hydrogen-bond acceptors (Lipinski definition) is 7. The Morgan fingerprint density at radius 1 is 1.12 bits per heavy atom. The number of amides is 1. The molecule has 0 fully saturated rings. The zero-order valence-corrected chi connectivity index (χ0v) is 18.9. The van der Waals surface area contributed by atoms with Crippen molar-refractivity contribution in [1.82, 2.24) is 25.1 Å². The third-order valence-electron chi connectivity index (χ3n) is 4.74. The van der Waals surface area contributed by atoms with Crippen LogP contribution < -0.4 is 16.0 Å². The normalized spacial score (nSPS) is 11.5. The van der Waals surface area contributed by atoms with E-state index in [1.54, 1.807) is 16.8 Å². The molecule has 2 aromatic heterocycles. The number of carbonyl (C=O) groups is 1. The van der Waals surface area contributed by atoms with Gasteiger partial charge in [-0.25, -0.2) is 23.2 Å². The molecule has 170 valence electrons. The van der Waals surface area contributed by atoms with Crippen LogP contribution in [0, 0.1) is 0 Å². The van der Waals surface area contributed by atoms with Crippen LogP contribution >= 0.6 is 11.8 Å². The molecule has 4 rings (SSSR count). The number of sulfonamides is 1. The highest BCUT2D eigenvalue weighted by Gasteiger charge is 2.13. The number of benzene rings is 2. The van der Waals surface area contributed by atoms with Crippen LogP contribution in [0.25, 0.3) is 16.7 Å². The first-order valence-electron chi connectivity index (χ1n) is 9.86. The first-order chi connectivity index (χ1) is 15.8. The molecule has 0 aliphatic carbocycles. The second kappa shape index (κ2) is 9.57. The van der Waals surface area contributed by atoms with Gasteiger partial charge in [-0.3, -0.25) is 9.59 Å². The van der Waals surface area contributed by atoms with Gasteiger partial charge in [-0.2, -0.15) is 5.10 Å². The van der Waals surface area contributed by atoms with Gasteiger partial charge in [0.15, 0.2) is 10.8 Å². The summed E-state index contributed by atoms with van der Waals surface area (Å²) in [4.78, 5) is 31.8. The Kier molecular flexibility index (Phi) is 6.58. The molecule has 0 spiro atoms. The fourth-order valence-corrected chi connectivity index (χ4v) is 4.30. The molecule has 12 heteroatoms. The Labute approximate surface area is 193 Å². The monoisotopic (exact) mass is 484 g/mol. The number of hydrogen-bond donors (Lipinski definition) is 3. The Morgan fingerprint density at radius 2 is 1.85 bits per heavy atom. The van der Waals surface area contributed by atoms with Crippen molar-refractivity contribution in [3.8, 4) is 5.69 Å². The largest absolute Gasteiger partial charge is 0.355 e. The van der Waals surface area contributed by atoms with Gasteiger partial charge in [-0.05, 0) is 36.2 Å². The summed E-state index contributed by atoms with van der Waals surface area (Å²) in [6, 6.07) is 15.5. The number of fused-ring (bicyclic) bond motifs is 1. The number of carbonyl (C=O) groups excluding carboxylic acids is 1. The molecule has 1 amide bonds. The Hall–Kier alpha value is -3.48. The summed E-state index contributed by atoms with van der Waals surface area (Å²) in [7, 11) is -3.73. The maximum absolute atomic E-state index is 12.4. The minimum atomic E-state index is -3.73. The minimum absolute atomic E-state index is 0.0405. The predicted octanol–water partition coefficient (Wildman–Crippen LogP) is 1.21. The quantitative estimate of drug-likeness (QED) is 0.251. The van der Waals surface area contributed by atoms with E-state index in [4.69, 9.17) is 5.14 Å². The Morgan fingerprint density at radius 3 is 2.55 bits per heavy atom. The number of rotatable bonds is 8. The standard InChI is InChI=1S/C21H20N6O4S2/c22-33(30,31)16-8-6-14(7-9-16)10-11-23-18(28)13-32-21-25-19-17(20(29)26-21)12-24-27(19)15-4-2-1-3-5-15/h1-9,12H,10-11,13H2,(H,23,28)(H2,22,30,31)(H,25,26,29). The number of H-pyrrole nitrogens is 1. The van der Waals surface area contributed by atoms with E-state index in [1.165, 1.54) is 18.3 Å². The Balaban J connectivity index is 1.35. The summed E-state index contributed by atoms with van der Waals surface area (Å²) in [5.41, 5.74) is 1.72. The van der Waals surface area contributed by atoms with Crippen molar-refractivity contribution in [3.63, 3.8) is 0 Å². The summed E-state index contributed by atoms with van der Waals surface area (Å²) in [6.45, 7) is 0.373. The summed E-state index contributed by atoms with van der Waals surface area (Å²) in [6.07, 6.45) is 1.99. The lowest BCUT2D eigenvalue weighted by Crippen LogP contribution is -2.27. The average molecular weight is 485 g/mol. The molecule has 4 aromatic rings. The van der Waals surface area contributed by atoms with Crippen molar-refractivity contribution in [2.24, 2.45) is 5.14 Å². The van der Waals surface area contributed by atoms with Crippen molar-refractivity contribution < 1.29 is 13.2 Å². The summed E-state index contributed by atoms with van der Waals surface area (Å²) >= 11 is 1.12. The number of nitrogens with one attached hydrogen (secondary N) is 2. The third kappa shape index (κ3) is 5.48.